The van der Waals surface area contributed by atoms with Crippen LogP contribution in [0.2, 0.25) is 10.0 Å². The Balaban J connectivity index is 1.14. The standard InChI is InChI=1S/C30H27Cl2N3O5/c1-34-14-21(29(36)37)20-10-9-18(13-24(20)34)35-16-7-8-17(35)12-19(11-16)39-30(38)26-27(33-40-28(26)15-5-6-15)25-22(31)3-2-4-23(25)32/h2-4,9-10,13-17,19H,5-8,11-12H2,1H3,(H,36,37)/t16-,17+,19+. The van der Waals surface area contributed by atoms with Gasteiger partial charge >= 0.3 is 11.9 Å². The third-order valence-electron chi connectivity index (χ3n) is 8.54. The zero-order chi connectivity index (χ0) is 27.7. The van der Waals surface area contributed by atoms with Gasteiger partial charge in [0.1, 0.15) is 17.4 Å². The topological polar surface area (TPSA) is 97.8 Å². The van der Waals surface area contributed by atoms with Gasteiger partial charge in [-0.15, -0.1) is 0 Å². The fourth-order valence-electron chi connectivity index (χ4n) is 6.58. The molecule has 8 nitrogen and oxygen atoms in total. The lowest BCUT2D eigenvalue weighted by Gasteiger charge is -2.40. The van der Waals surface area contributed by atoms with Gasteiger partial charge in [0.25, 0.3) is 0 Å². The van der Waals surface area contributed by atoms with E-state index in [1.165, 1.54) is 0 Å². The first-order chi connectivity index (χ1) is 19.3. The van der Waals surface area contributed by atoms with Crippen LogP contribution in [0.25, 0.3) is 22.2 Å². The van der Waals surface area contributed by atoms with E-state index < -0.39 is 11.9 Å². The van der Waals surface area contributed by atoms with Crippen molar-refractivity contribution in [3.8, 4) is 11.3 Å². The summed E-state index contributed by atoms with van der Waals surface area (Å²) < 4.78 is 13.7. The van der Waals surface area contributed by atoms with Gasteiger partial charge in [0.15, 0.2) is 5.76 Å². The Kier molecular flexibility index (Phi) is 6.09. The molecular formula is C30H27Cl2N3O5. The average molecular weight is 580 g/mol. The Labute approximate surface area is 240 Å². The molecule has 2 aromatic carbocycles. The summed E-state index contributed by atoms with van der Waals surface area (Å²) >= 11 is 12.9. The van der Waals surface area contributed by atoms with Crippen molar-refractivity contribution in [2.75, 3.05) is 4.90 Å². The quantitative estimate of drug-likeness (QED) is 0.244. The monoisotopic (exact) mass is 579 g/mol. The molecule has 1 saturated carbocycles. The molecule has 2 aliphatic heterocycles. The van der Waals surface area contributed by atoms with Gasteiger partial charge in [0.2, 0.25) is 0 Å². The van der Waals surface area contributed by atoms with E-state index in [-0.39, 0.29) is 24.1 Å². The molecular weight excluding hydrogens is 553 g/mol. The van der Waals surface area contributed by atoms with Crippen LogP contribution in [0.5, 0.6) is 0 Å². The number of fused-ring (bicyclic) bond motifs is 3. The molecule has 2 bridgehead atoms. The average Bonchev–Trinajstić information content (AvgIpc) is 3.50. The fraction of sp³-hybridized carbons (Fsp3) is 0.367. The number of aryl methyl sites for hydroxylation is 1. The van der Waals surface area contributed by atoms with Crippen LogP contribution in [0.15, 0.2) is 47.1 Å². The minimum atomic E-state index is -0.932. The van der Waals surface area contributed by atoms with E-state index >= 15 is 0 Å². The van der Waals surface area contributed by atoms with Gasteiger partial charge in [-0.3, -0.25) is 0 Å². The highest BCUT2D eigenvalue weighted by Gasteiger charge is 2.44. The number of benzene rings is 2. The van der Waals surface area contributed by atoms with Crippen LogP contribution < -0.4 is 4.90 Å². The smallest absolute Gasteiger partial charge is 0.344 e. The molecule has 2 aromatic heterocycles. The number of halogens is 2. The third-order valence-corrected chi connectivity index (χ3v) is 9.17. The number of rotatable bonds is 6. The minimum absolute atomic E-state index is 0.150. The summed E-state index contributed by atoms with van der Waals surface area (Å²) in [5, 5.41) is 15.3. The number of carboxylic acid groups (broad SMARTS) is 1. The summed E-state index contributed by atoms with van der Waals surface area (Å²) in [6.07, 6.45) is 6.72. The molecule has 40 heavy (non-hydrogen) atoms. The molecule has 0 unspecified atom stereocenters. The van der Waals surface area contributed by atoms with Crippen molar-refractivity contribution in [1.29, 1.82) is 0 Å². The molecule has 10 heteroatoms. The summed E-state index contributed by atoms with van der Waals surface area (Å²) in [6, 6.07) is 11.6. The Hall–Kier alpha value is -3.49. The van der Waals surface area contributed by atoms with Crippen LogP contribution in [0, 0.1) is 0 Å². The number of ether oxygens (including phenoxy) is 1. The van der Waals surface area contributed by atoms with E-state index in [9.17, 15) is 14.7 Å². The normalized spacial score (nSPS) is 22.2. The van der Waals surface area contributed by atoms with Crippen LogP contribution in [0.4, 0.5) is 5.69 Å². The van der Waals surface area contributed by atoms with Gasteiger partial charge in [-0.1, -0.05) is 34.4 Å². The van der Waals surface area contributed by atoms with Gasteiger partial charge in [0.05, 0.1) is 21.1 Å². The van der Waals surface area contributed by atoms with Crippen LogP contribution in [-0.2, 0) is 11.8 Å². The Morgan fingerprint density at radius 1 is 1.05 bits per heavy atom. The van der Waals surface area contributed by atoms with E-state index in [2.05, 4.69) is 16.1 Å². The minimum Gasteiger partial charge on any atom is -0.478 e. The molecule has 2 saturated heterocycles. The maximum absolute atomic E-state index is 13.7. The SMILES string of the molecule is Cn1cc(C(=O)O)c2ccc(N3[C@@H]4CC[C@H]3C[C@@H](OC(=O)c3c(-c5c(Cl)cccc5Cl)noc3C3CC3)C4)cc21. The molecule has 3 atom stereocenters. The number of aromatic nitrogens is 2. The molecule has 0 spiro atoms. The zero-order valence-electron chi connectivity index (χ0n) is 21.8. The highest BCUT2D eigenvalue weighted by atomic mass is 35.5. The van der Waals surface area contributed by atoms with Gasteiger partial charge in [-0.25, -0.2) is 9.59 Å². The summed E-state index contributed by atoms with van der Waals surface area (Å²) in [5.74, 6) is -0.678. The third kappa shape index (κ3) is 4.16. The molecule has 1 aliphatic carbocycles. The lowest BCUT2D eigenvalue weighted by molar-refractivity contribution is 0.0202. The van der Waals surface area contributed by atoms with Crippen molar-refractivity contribution in [3.05, 3.63) is 69.5 Å². The summed E-state index contributed by atoms with van der Waals surface area (Å²) in [5.41, 5.74) is 3.39. The Morgan fingerprint density at radius 2 is 1.75 bits per heavy atom. The van der Waals surface area contributed by atoms with Crippen LogP contribution in [0.1, 0.15) is 70.9 Å². The van der Waals surface area contributed by atoms with E-state index in [0.717, 1.165) is 42.3 Å². The summed E-state index contributed by atoms with van der Waals surface area (Å²) in [6.45, 7) is 0. The number of hydrogen-bond acceptors (Lipinski definition) is 6. The Bertz CT molecular complexity index is 1640. The number of piperidine rings is 1. The maximum Gasteiger partial charge on any atom is 0.344 e. The second-order valence-corrected chi connectivity index (χ2v) is 11.9. The number of carbonyl (C=O) groups excluding carboxylic acids is 1. The number of aromatic carboxylic acids is 1. The second-order valence-electron chi connectivity index (χ2n) is 11.1. The van der Waals surface area contributed by atoms with Crippen molar-refractivity contribution >= 4 is 51.7 Å². The van der Waals surface area contributed by atoms with Crippen LogP contribution in [-0.4, -0.2) is 45.0 Å². The predicted molar refractivity (Wildman–Crippen MR) is 152 cm³/mol. The number of carboxylic acids is 1. The van der Waals surface area contributed by atoms with Crippen molar-refractivity contribution in [1.82, 2.24) is 9.72 Å². The molecule has 0 radical (unpaired) electrons. The van der Waals surface area contributed by atoms with Gasteiger partial charge in [-0.2, -0.15) is 0 Å². The highest BCUT2D eigenvalue weighted by Crippen LogP contribution is 2.47. The summed E-state index contributed by atoms with van der Waals surface area (Å²) in [4.78, 5) is 27.8. The largest absolute Gasteiger partial charge is 0.478 e. The first-order valence-corrected chi connectivity index (χ1v) is 14.3. The van der Waals surface area contributed by atoms with Crippen molar-refractivity contribution in [2.24, 2.45) is 7.05 Å². The van der Waals surface area contributed by atoms with Crippen molar-refractivity contribution < 1.29 is 24.0 Å². The first kappa shape index (κ1) is 25.5. The molecule has 4 heterocycles. The van der Waals surface area contributed by atoms with Crippen LogP contribution >= 0.6 is 23.2 Å². The highest BCUT2D eigenvalue weighted by molar-refractivity contribution is 6.39. The van der Waals surface area contributed by atoms with Crippen molar-refractivity contribution in [2.45, 2.75) is 62.6 Å². The number of nitrogens with zero attached hydrogens (tertiary/aromatic N) is 3. The lowest BCUT2D eigenvalue weighted by atomic mass is 9.98. The Morgan fingerprint density at radius 3 is 2.40 bits per heavy atom. The summed E-state index contributed by atoms with van der Waals surface area (Å²) in [7, 11) is 1.86. The number of esters is 1. The molecule has 7 rings (SSSR count). The zero-order valence-corrected chi connectivity index (χ0v) is 23.3. The molecule has 4 aromatic rings. The predicted octanol–water partition coefficient (Wildman–Crippen LogP) is 7.07. The maximum atomic E-state index is 13.7. The van der Waals surface area contributed by atoms with Crippen LogP contribution in [0.3, 0.4) is 0 Å². The first-order valence-electron chi connectivity index (χ1n) is 13.6. The van der Waals surface area contributed by atoms with Gasteiger partial charge in [0, 0.05) is 60.7 Å². The number of carbonyl (C=O) groups is 2. The van der Waals surface area contributed by atoms with E-state index in [1.54, 1.807) is 24.4 Å². The van der Waals surface area contributed by atoms with E-state index in [1.807, 2.05) is 23.7 Å². The van der Waals surface area contributed by atoms with Gasteiger partial charge < -0.3 is 23.8 Å². The van der Waals surface area contributed by atoms with Gasteiger partial charge in [-0.05, 0) is 56.0 Å². The second kappa shape index (κ2) is 9.56. The number of anilines is 1. The molecule has 1 N–H and O–H groups in total. The fourth-order valence-corrected chi connectivity index (χ4v) is 7.15. The number of hydrogen-bond donors (Lipinski definition) is 1. The lowest BCUT2D eigenvalue weighted by Crippen LogP contribution is -2.46. The molecule has 0 amide bonds. The molecule has 3 aliphatic rings. The molecule has 206 valence electrons. The van der Waals surface area contributed by atoms with Crippen molar-refractivity contribution in [3.63, 3.8) is 0 Å². The van der Waals surface area contributed by atoms with E-state index in [4.69, 9.17) is 32.5 Å². The van der Waals surface area contributed by atoms with E-state index in [0.29, 0.717) is 51.0 Å². The molecule has 3 fully saturated rings.